The largest absolute Gasteiger partial charge is 0.394 e. The van der Waals surface area contributed by atoms with Crippen LogP contribution in [0.5, 0.6) is 0 Å². The van der Waals surface area contributed by atoms with Gasteiger partial charge < -0.3 is 10.0 Å². The maximum absolute atomic E-state index is 12.2. The topological polar surface area (TPSA) is 58.4 Å². The van der Waals surface area contributed by atoms with Gasteiger partial charge in [0.25, 0.3) is 5.91 Å². The van der Waals surface area contributed by atoms with E-state index in [2.05, 4.69) is 5.10 Å². The van der Waals surface area contributed by atoms with E-state index >= 15 is 0 Å². The Hall–Kier alpha value is -1.36. The Morgan fingerprint density at radius 2 is 2.18 bits per heavy atom. The van der Waals surface area contributed by atoms with Gasteiger partial charge in [-0.1, -0.05) is 0 Å². The van der Waals surface area contributed by atoms with Crippen LogP contribution in [0.4, 0.5) is 0 Å². The van der Waals surface area contributed by atoms with E-state index in [4.69, 9.17) is 5.11 Å². The van der Waals surface area contributed by atoms with Crippen LogP contribution in [0.3, 0.4) is 0 Å². The third-order valence-electron chi connectivity index (χ3n) is 2.78. The molecule has 0 spiro atoms. The van der Waals surface area contributed by atoms with Gasteiger partial charge in [-0.3, -0.25) is 9.48 Å². The minimum atomic E-state index is -0.171. The molecule has 1 rings (SSSR count). The van der Waals surface area contributed by atoms with E-state index < -0.39 is 0 Å². The lowest BCUT2D eigenvalue weighted by molar-refractivity contribution is 0.0632. The Balaban J connectivity index is 2.86. The van der Waals surface area contributed by atoms with E-state index in [1.165, 1.54) is 0 Å². The van der Waals surface area contributed by atoms with Crippen molar-refractivity contribution in [2.75, 3.05) is 13.2 Å². The van der Waals surface area contributed by atoms with Crippen LogP contribution >= 0.6 is 0 Å². The number of aliphatic hydroxyl groups is 1. The van der Waals surface area contributed by atoms with Crippen molar-refractivity contribution in [2.45, 2.75) is 39.8 Å². The first-order valence-electron chi connectivity index (χ1n) is 5.97. The van der Waals surface area contributed by atoms with Gasteiger partial charge in [-0.15, -0.1) is 0 Å². The van der Waals surface area contributed by atoms with Gasteiger partial charge >= 0.3 is 0 Å². The molecule has 5 nitrogen and oxygen atoms in total. The molecule has 0 aliphatic rings. The molecule has 1 N–H and O–H groups in total. The van der Waals surface area contributed by atoms with E-state index in [-0.39, 0.29) is 24.6 Å². The average Bonchev–Trinajstić information content (AvgIpc) is 2.78. The van der Waals surface area contributed by atoms with Crippen LogP contribution in [0, 0.1) is 0 Å². The number of carbonyl (C=O) groups is 1. The number of likely N-dealkylation sites (N-methyl/N-ethyl adjacent to an activating group) is 1. The van der Waals surface area contributed by atoms with E-state index in [1.54, 1.807) is 22.0 Å². The van der Waals surface area contributed by atoms with Crippen LogP contribution < -0.4 is 0 Å². The third kappa shape index (κ3) is 3.06. The molecular formula is C12H21N3O2. The highest BCUT2D eigenvalue weighted by Crippen LogP contribution is 2.10. The average molecular weight is 239 g/mol. The zero-order valence-electron chi connectivity index (χ0n) is 10.9. The third-order valence-corrected chi connectivity index (χ3v) is 2.78. The number of rotatable bonds is 5. The van der Waals surface area contributed by atoms with Gasteiger partial charge in [0.05, 0.1) is 24.4 Å². The summed E-state index contributed by atoms with van der Waals surface area (Å²) in [5, 5.41) is 13.3. The fourth-order valence-corrected chi connectivity index (χ4v) is 1.65. The monoisotopic (exact) mass is 239 g/mol. The summed E-state index contributed by atoms with van der Waals surface area (Å²) in [5.41, 5.74) is 0.570. The van der Waals surface area contributed by atoms with Crippen LogP contribution in [0.1, 0.15) is 44.1 Å². The molecule has 17 heavy (non-hydrogen) atoms. The fourth-order valence-electron chi connectivity index (χ4n) is 1.65. The summed E-state index contributed by atoms with van der Waals surface area (Å²) in [5.74, 6) is -0.0825. The summed E-state index contributed by atoms with van der Waals surface area (Å²) >= 11 is 0. The van der Waals surface area contributed by atoms with E-state index in [0.29, 0.717) is 12.1 Å². The molecule has 0 fully saturated rings. The summed E-state index contributed by atoms with van der Waals surface area (Å²) in [6.45, 7) is 8.29. The Labute approximate surface area is 102 Å². The predicted octanol–water partition coefficient (Wildman–Crippen LogP) is 1.31. The molecule has 1 amide bonds. The van der Waals surface area contributed by atoms with Gasteiger partial charge in [0.1, 0.15) is 0 Å². The highest BCUT2D eigenvalue weighted by molar-refractivity contribution is 5.93. The van der Waals surface area contributed by atoms with Gasteiger partial charge in [0.15, 0.2) is 0 Å². The van der Waals surface area contributed by atoms with E-state index in [1.807, 2.05) is 27.7 Å². The zero-order valence-corrected chi connectivity index (χ0v) is 10.9. The molecule has 1 atom stereocenters. The van der Waals surface area contributed by atoms with Crippen molar-refractivity contribution in [2.24, 2.45) is 0 Å². The Bertz CT molecular complexity index is 374. The Morgan fingerprint density at radius 3 is 2.59 bits per heavy atom. The molecule has 0 aromatic carbocycles. The van der Waals surface area contributed by atoms with Crippen molar-refractivity contribution in [3.8, 4) is 0 Å². The Morgan fingerprint density at radius 1 is 1.53 bits per heavy atom. The standard InChI is InChI=1S/C12H21N3O2/c1-5-14(10(4)8-16)12(17)11-6-13-15(7-11)9(2)3/h6-7,9-10,16H,5,8H2,1-4H3/t10-/m1/s1. The normalized spacial score (nSPS) is 12.8. The van der Waals surface area contributed by atoms with Crippen molar-refractivity contribution in [1.29, 1.82) is 0 Å². The van der Waals surface area contributed by atoms with Crippen molar-refractivity contribution < 1.29 is 9.90 Å². The fraction of sp³-hybridized carbons (Fsp3) is 0.667. The van der Waals surface area contributed by atoms with Crippen molar-refractivity contribution in [3.05, 3.63) is 18.0 Å². The number of aliphatic hydroxyl groups excluding tert-OH is 1. The molecule has 0 aliphatic carbocycles. The molecule has 96 valence electrons. The number of carbonyl (C=O) groups excluding carboxylic acids is 1. The molecule has 1 aromatic rings. The number of aromatic nitrogens is 2. The van der Waals surface area contributed by atoms with Gasteiger partial charge in [-0.05, 0) is 27.7 Å². The number of hydrogen-bond donors (Lipinski definition) is 1. The lowest BCUT2D eigenvalue weighted by atomic mass is 10.2. The maximum Gasteiger partial charge on any atom is 0.257 e. The van der Waals surface area contributed by atoms with Crippen LogP contribution in [0.15, 0.2) is 12.4 Å². The molecular weight excluding hydrogens is 218 g/mol. The minimum absolute atomic E-state index is 0.0299. The maximum atomic E-state index is 12.2. The molecule has 1 heterocycles. The molecule has 0 saturated heterocycles. The lowest BCUT2D eigenvalue weighted by Gasteiger charge is -2.25. The van der Waals surface area contributed by atoms with Gasteiger partial charge in [0, 0.05) is 18.8 Å². The van der Waals surface area contributed by atoms with Crippen LogP contribution in [-0.2, 0) is 0 Å². The van der Waals surface area contributed by atoms with Gasteiger partial charge in [-0.2, -0.15) is 5.10 Å². The summed E-state index contributed by atoms with van der Waals surface area (Å²) in [6.07, 6.45) is 3.33. The predicted molar refractivity (Wildman–Crippen MR) is 65.9 cm³/mol. The SMILES string of the molecule is CCN(C(=O)c1cnn(C(C)C)c1)[C@H](C)CO. The molecule has 5 heteroatoms. The molecule has 0 aliphatic heterocycles. The first-order chi connectivity index (χ1) is 8.01. The minimum Gasteiger partial charge on any atom is -0.394 e. The number of amides is 1. The second kappa shape index (κ2) is 5.82. The second-order valence-corrected chi connectivity index (χ2v) is 4.43. The quantitative estimate of drug-likeness (QED) is 0.842. The highest BCUT2D eigenvalue weighted by Gasteiger charge is 2.20. The zero-order chi connectivity index (χ0) is 13.0. The van der Waals surface area contributed by atoms with Crippen molar-refractivity contribution in [3.63, 3.8) is 0 Å². The summed E-state index contributed by atoms with van der Waals surface area (Å²) < 4.78 is 1.75. The summed E-state index contributed by atoms with van der Waals surface area (Å²) in [6, 6.07) is 0.0665. The molecule has 0 saturated carbocycles. The number of hydrogen-bond acceptors (Lipinski definition) is 3. The number of nitrogens with zero attached hydrogens (tertiary/aromatic N) is 3. The van der Waals surface area contributed by atoms with E-state index in [0.717, 1.165) is 0 Å². The molecule has 0 radical (unpaired) electrons. The van der Waals surface area contributed by atoms with Gasteiger partial charge in [0.2, 0.25) is 0 Å². The van der Waals surface area contributed by atoms with Crippen LogP contribution in [0.2, 0.25) is 0 Å². The molecule has 1 aromatic heterocycles. The lowest BCUT2D eigenvalue weighted by Crippen LogP contribution is -2.40. The molecule has 0 unspecified atom stereocenters. The smallest absolute Gasteiger partial charge is 0.257 e. The first-order valence-corrected chi connectivity index (χ1v) is 5.97. The van der Waals surface area contributed by atoms with Crippen LogP contribution in [-0.4, -0.2) is 44.9 Å². The summed E-state index contributed by atoms with van der Waals surface area (Å²) in [7, 11) is 0. The van der Waals surface area contributed by atoms with Gasteiger partial charge in [-0.25, -0.2) is 0 Å². The highest BCUT2D eigenvalue weighted by atomic mass is 16.3. The second-order valence-electron chi connectivity index (χ2n) is 4.43. The van der Waals surface area contributed by atoms with Crippen LogP contribution in [0.25, 0.3) is 0 Å². The van der Waals surface area contributed by atoms with Crippen molar-refractivity contribution in [1.82, 2.24) is 14.7 Å². The van der Waals surface area contributed by atoms with Crippen molar-refractivity contribution >= 4 is 5.91 Å². The molecule has 0 bridgehead atoms. The summed E-state index contributed by atoms with van der Waals surface area (Å²) in [4.78, 5) is 13.8. The Kier molecular flexibility index (Phi) is 4.69. The van der Waals surface area contributed by atoms with E-state index in [9.17, 15) is 4.79 Å². The first kappa shape index (κ1) is 13.7.